The summed E-state index contributed by atoms with van der Waals surface area (Å²) in [5.74, 6) is 0. The number of nitrogens with zero attached hydrogens (tertiary/aromatic N) is 1. The first-order valence-corrected chi connectivity index (χ1v) is 5.26. The van der Waals surface area contributed by atoms with Crippen molar-refractivity contribution in [3.05, 3.63) is 40.0 Å². The summed E-state index contributed by atoms with van der Waals surface area (Å²) >= 11 is 6.04. The number of fused-ring (bicyclic) bond motifs is 1. The smallest absolute Gasteiger partial charge is 0.134 e. The maximum Gasteiger partial charge on any atom is 0.134 e. The highest BCUT2D eigenvalue weighted by Gasteiger charge is 2.06. The number of aryl methyl sites for hydroxylation is 2. The lowest BCUT2D eigenvalue weighted by molar-refractivity contribution is 1.06. The van der Waals surface area contributed by atoms with Crippen LogP contribution in [-0.4, -0.2) is 4.98 Å². The minimum Gasteiger partial charge on any atom is -0.326 e. The van der Waals surface area contributed by atoms with Crippen LogP contribution in [0.15, 0.2) is 18.2 Å². The first-order valence-electron chi connectivity index (χ1n) is 4.89. The topological polar surface area (TPSA) is 38.9 Å². The molecule has 78 valence electrons. The van der Waals surface area contributed by atoms with Crippen LogP contribution in [0.5, 0.6) is 0 Å². The van der Waals surface area contributed by atoms with E-state index in [9.17, 15) is 0 Å². The number of aromatic nitrogens is 1. The third-order valence-electron chi connectivity index (χ3n) is 2.76. The molecule has 3 heteroatoms. The molecule has 1 heterocycles. The van der Waals surface area contributed by atoms with Crippen LogP contribution in [0.4, 0.5) is 0 Å². The maximum absolute atomic E-state index is 6.04. The normalized spacial score (nSPS) is 10.9. The van der Waals surface area contributed by atoms with Crippen LogP contribution in [0, 0.1) is 13.8 Å². The van der Waals surface area contributed by atoms with Gasteiger partial charge in [-0.3, -0.25) is 0 Å². The number of hydrogen-bond acceptors (Lipinski definition) is 2. The summed E-state index contributed by atoms with van der Waals surface area (Å²) in [5.41, 5.74) is 9.86. The van der Waals surface area contributed by atoms with Gasteiger partial charge < -0.3 is 5.73 Å². The van der Waals surface area contributed by atoms with E-state index in [1.807, 2.05) is 6.07 Å². The van der Waals surface area contributed by atoms with Gasteiger partial charge in [0.25, 0.3) is 0 Å². The van der Waals surface area contributed by atoms with Crippen LogP contribution in [-0.2, 0) is 6.54 Å². The van der Waals surface area contributed by atoms with Gasteiger partial charge >= 0.3 is 0 Å². The summed E-state index contributed by atoms with van der Waals surface area (Å²) in [6, 6.07) is 6.16. The number of rotatable bonds is 1. The minimum atomic E-state index is 0.425. The predicted molar refractivity (Wildman–Crippen MR) is 64.1 cm³/mol. The Kier molecular flexibility index (Phi) is 2.63. The highest BCUT2D eigenvalue weighted by Crippen LogP contribution is 2.24. The van der Waals surface area contributed by atoms with Crippen molar-refractivity contribution in [2.45, 2.75) is 20.4 Å². The van der Waals surface area contributed by atoms with E-state index in [2.05, 4.69) is 31.0 Å². The molecule has 0 unspecified atom stereocenters. The number of pyridine rings is 1. The van der Waals surface area contributed by atoms with E-state index in [-0.39, 0.29) is 0 Å². The lowest BCUT2D eigenvalue weighted by atomic mass is 10.0. The summed E-state index contributed by atoms with van der Waals surface area (Å²) in [6.45, 7) is 4.55. The van der Waals surface area contributed by atoms with Crippen LogP contribution in [0.2, 0.25) is 5.15 Å². The molecular weight excluding hydrogens is 208 g/mol. The summed E-state index contributed by atoms with van der Waals surface area (Å²) in [6.07, 6.45) is 0. The Balaban J connectivity index is 2.81. The average molecular weight is 221 g/mol. The first kappa shape index (κ1) is 10.4. The van der Waals surface area contributed by atoms with Crippen molar-refractivity contribution in [2.24, 2.45) is 5.73 Å². The third kappa shape index (κ3) is 1.71. The molecule has 0 saturated carbocycles. The minimum absolute atomic E-state index is 0.425. The molecule has 0 radical (unpaired) electrons. The fraction of sp³-hybridized carbons (Fsp3) is 0.250. The zero-order valence-electron chi connectivity index (χ0n) is 8.84. The van der Waals surface area contributed by atoms with Gasteiger partial charge in [0.05, 0.1) is 5.52 Å². The Hall–Kier alpha value is -1.12. The molecule has 0 fully saturated rings. The second kappa shape index (κ2) is 3.80. The predicted octanol–water partition coefficient (Wildman–Crippen LogP) is 2.96. The number of halogens is 1. The number of benzene rings is 1. The zero-order valence-corrected chi connectivity index (χ0v) is 9.60. The van der Waals surface area contributed by atoms with E-state index >= 15 is 0 Å². The molecule has 1 aromatic heterocycles. The Morgan fingerprint density at radius 1 is 1.33 bits per heavy atom. The van der Waals surface area contributed by atoms with Gasteiger partial charge in [0.15, 0.2) is 0 Å². The van der Waals surface area contributed by atoms with Crippen LogP contribution < -0.4 is 5.73 Å². The molecule has 0 atom stereocenters. The van der Waals surface area contributed by atoms with Gasteiger partial charge in [-0.15, -0.1) is 0 Å². The van der Waals surface area contributed by atoms with Crippen LogP contribution in [0.3, 0.4) is 0 Å². The number of nitrogens with two attached hydrogens (primary N) is 1. The maximum atomic E-state index is 6.04. The lowest BCUT2D eigenvalue weighted by Crippen LogP contribution is -1.99. The van der Waals surface area contributed by atoms with Gasteiger partial charge in [-0.25, -0.2) is 4.98 Å². The van der Waals surface area contributed by atoms with Gasteiger partial charge in [0, 0.05) is 17.5 Å². The molecule has 0 amide bonds. The molecule has 1 aromatic carbocycles. The van der Waals surface area contributed by atoms with Gasteiger partial charge in [-0.1, -0.05) is 23.7 Å². The summed E-state index contributed by atoms with van der Waals surface area (Å²) < 4.78 is 0. The van der Waals surface area contributed by atoms with Crippen LogP contribution >= 0.6 is 11.6 Å². The van der Waals surface area contributed by atoms with Crippen molar-refractivity contribution in [3.8, 4) is 0 Å². The van der Waals surface area contributed by atoms with E-state index in [0.717, 1.165) is 16.5 Å². The fourth-order valence-electron chi connectivity index (χ4n) is 1.65. The standard InChI is InChI=1S/C12H13ClN2/c1-7-3-4-9-5-10(6-14)12(13)15-11(9)8(7)2/h3-5H,6,14H2,1-2H3. The second-order valence-corrected chi connectivity index (χ2v) is 4.08. The zero-order chi connectivity index (χ0) is 11.0. The molecule has 2 N–H and O–H groups in total. The van der Waals surface area contributed by atoms with Gasteiger partial charge in [-0.05, 0) is 31.0 Å². The van der Waals surface area contributed by atoms with E-state index in [1.165, 1.54) is 11.1 Å². The number of hydrogen-bond donors (Lipinski definition) is 1. The molecule has 0 bridgehead atoms. The molecule has 2 aromatic rings. The molecular formula is C12H13ClN2. The Morgan fingerprint density at radius 2 is 2.07 bits per heavy atom. The Morgan fingerprint density at radius 3 is 2.73 bits per heavy atom. The van der Waals surface area contributed by atoms with Crippen molar-refractivity contribution in [2.75, 3.05) is 0 Å². The SMILES string of the molecule is Cc1ccc2cc(CN)c(Cl)nc2c1C. The highest BCUT2D eigenvalue weighted by molar-refractivity contribution is 6.30. The molecule has 0 aliphatic carbocycles. The van der Waals surface area contributed by atoms with Crippen molar-refractivity contribution < 1.29 is 0 Å². The van der Waals surface area contributed by atoms with Crippen molar-refractivity contribution >= 4 is 22.5 Å². The molecule has 0 spiro atoms. The molecule has 15 heavy (non-hydrogen) atoms. The summed E-state index contributed by atoms with van der Waals surface area (Å²) in [7, 11) is 0. The van der Waals surface area contributed by atoms with Crippen LogP contribution in [0.1, 0.15) is 16.7 Å². The second-order valence-electron chi connectivity index (χ2n) is 3.72. The molecule has 2 nitrogen and oxygen atoms in total. The lowest BCUT2D eigenvalue weighted by Gasteiger charge is -2.07. The van der Waals surface area contributed by atoms with E-state index in [0.29, 0.717) is 11.7 Å². The Labute approximate surface area is 94.1 Å². The van der Waals surface area contributed by atoms with E-state index in [4.69, 9.17) is 17.3 Å². The average Bonchev–Trinajstić information content (AvgIpc) is 2.24. The monoisotopic (exact) mass is 220 g/mol. The van der Waals surface area contributed by atoms with Crippen molar-refractivity contribution in [1.29, 1.82) is 0 Å². The molecule has 2 rings (SSSR count). The molecule has 0 aliphatic heterocycles. The highest BCUT2D eigenvalue weighted by atomic mass is 35.5. The quantitative estimate of drug-likeness (QED) is 0.751. The van der Waals surface area contributed by atoms with E-state index in [1.54, 1.807) is 0 Å². The Bertz CT molecular complexity index is 521. The largest absolute Gasteiger partial charge is 0.326 e. The summed E-state index contributed by atoms with van der Waals surface area (Å²) in [5, 5.41) is 1.61. The van der Waals surface area contributed by atoms with Gasteiger partial charge in [0.1, 0.15) is 5.15 Å². The fourth-order valence-corrected chi connectivity index (χ4v) is 1.86. The third-order valence-corrected chi connectivity index (χ3v) is 3.08. The van der Waals surface area contributed by atoms with Crippen LogP contribution in [0.25, 0.3) is 10.9 Å². The van der Waals surface area contributed by atoms with E-state index < -0.39 is 0 Å². The van der Waals surface area contributed by atoms with Crippen molar-refractivity contribution in [1.82, 2.24) is 4.98 Å². The van der Waals surface area contributed by atoms with Gasteiger partial charge in [0.2, 0.25) is 0 Å². The molecule has 0 aliphatic rings. The summed E-state index contributed by atoms with van der Waals surface area (Å²) in [4.78, 5) is 4.39. The van der Waals surface area contributed by atoms with Gasteiger partial charge in [-0.2, -0.15) is 0 Å². The van der Waals surface area contributed by atoms with Crippen molar-refractivity contribution in [3.63, 3.8) is 0 Å². The molecule has 0 saturated heterocycles. The first-order chi connectivity index (χ1) is 7.13.